The molecule has 0 bridgehead atoms. The molecular formula is C19H24N4O2. The lowest BCUT2D eigenvalue weighted by molar-refractivity contribution is -0.139. The van der Waals surface area contributed by atoms with E-state index in [0.29, 0.717) is 13.0 Å². The van der Waals surface area contributed by atoms with E-state index in [1.165, 1.54) is 0 Å². The molecule has 2 aromatic rings. The van der Waals surface area contributed by atoms with Crippen LogP contribution in [0.2, 0.25) is 0 Å². The van der Waals surface area contributed by atoms with Crippen LogP contribution in [0.25, 0.3) is 11.0 Å². The summed E-state index contributed by atoms with van der Waals surface area (Å²) in [7, 11) is 3.80. The fraction of sp³-hybridized carbons (Fsp3) is 0.526. The van der Waals surface area contributed by atoms with E-state index in [9.17, 15) is 9.59 Å². The van der Waals surface area contributed by atoms with E-state index < -0.39 is 0 Å². The Balaban J connectivity index is 1.66. The summed E-state index contributed by atoms with van der Waals surface area (Å²) in [6.45, 7) is 1.28. The number of carbonyl (C=O) groups is 2. The molecule has 1 aromatic carbocycles. The van der Waals surface area contributed by atoms with Crippen LogP contribution in [0.5, 0.6) is 0 Å². The first kappa shape index (κ1) is 16.1. The number of rotatable bonds is 2. The van der Waals surface area contributed by atoms with Crippen LogP contribution < -0.4 is 0 Å². The van der Waals surface area contributed by atoms with Crippen LogP contribution in [0.15, 0.2) is 24.3 Å². The number of benzene rings is 1. The van der Waals surface area contributed by atoms with Crippen LogP contribution in [-0.2, 0) is 16.6 Å². The number of para-hydroxylation sites is 2. The molecular weight excluding hydrogens is 316 g/mol. The summed E-state index contributed by atoms with van der Waals surface area (Å²) in [5, 5.41) is 0. The van der Waals surface area contributed by atoms with Gasteiger partial charge in [-0.15, -0.1) is 0 Å². The molecule has 0 N–H and O–H groups in total. The summed E-state index contributed by atoms with van der Waals surface area (Å²) in [6.07, 6.45) is 3.38. The maximum absolute atomic E-state index is 13.1. The van der Waals surface area contributed by atoms with Crippen molar-refractivity contribution in [1.29, 1.82) is 0 Å². The number of hydrogen-bond donors (Lipinski definition) is 0. The number of likely N-dealkylation sites (tertiary alicyclic amines) is 2. The van der Waals surface area contributed by atoms with Crippen LogP contribution in [-0.4, -0.2) is 51.3 Å². The molecule has 0 saturated carbocycles. The predicted octanol–water partition coefficient (Wildman–Crippen LogP) is 2.11. The molecule has 6 heteroatoms. The first-order valence-electron chi connectivity index (χ1n) is 9.02. The lowest BCUT2D eigenvalue weighted by atomic mass is 9.98. The smallest absolute Gasteiger partial charge is 0.228 e. The summed E-state index contributed by atoms with van der Waals surface area (Å²) in [5.41, 5.74) is 2.06. The Bertz CT molecular complexity index is 828. The molecule has 2 amide bonds. The molecule has 0 radical (unpaired) electrons. The fourth-order valence-electron chi connectivity index (χ4n) is 4.19. The first-order valence-corrected chi connectivity index (χ1v) is 9.02. The normalized spacial score (nSPS) is 24.3. The van der Waals surface area contributed by atoms with E-state index in [1.807, 2.05) is 30.1 Å². The fourth-order valence-corrected chi connectivity index (χ4v) is 4.19. The van der Waals surface area contributed by atoms with Crippen molar-refractivity contribution in [1.82, 2.24) is 19.4 Å². The van der Waals surface area contributed by atoms with Crippen LogP contribution in [0.4, 0.5) is 0 Å². The summed E-state index contributed by atoms with van der Waals surface area (Å²) < 4.78 is 2.11. The van der Waals surface area contributed by atoms with Gasteiger partial charge < -0.3 is 14.4 Å². The van der Waals surface area contributed by atoms with E-state index >= 15 is 0 Å². The third-order valence-corrected chi connectivity index (χ3v) is 5.60. The van der Waals surface area contributed by atoms with Crippen molar-refractivity contribution >= 4 is 22.8 Å². The topological polar surface area (TPSA) is 58.4 Å². The quantitative estimate of drug-likeness (QED) is 0.841. The second kappa shape index (κ2) is 6.17. The highest BCUT2D eigenvalue weighted by Gasteiger charge is 2.39. The zero-order valence-corrected chi connectivity index (χ0v) is 14.8. The number of aryl methyl sites for hydroxylation is 1. The molecule has 4 rings (SSSR count). The summed E-state index contributed by atoms with van der Waals surface area (Å²) in [4.78, 5) is 33.4. The zero-order chi connectivity index (χ0) is 17.6. The molecule has 2 fully saturated rings. The minimum atomic E-state index is -0.215. The van der Waals surface area contributed by atoms with Crippen molar-refractivity contribution in [3.63, 3.8) is 0 Å². The lowest BCUT2D eigenvalue weighted by Gasteiger charge is -2.36. The number of hydrogen-bond acceptors (Lipinski definition) is 3. The molecule has 2 atom stereocenters. The van der Waals surface area contributed by atoms with Gasteiger partial charge in [-0.1, -0.05) is 12.1 Å². The van der Waals surface area contributed by atoms with Crippen molar-refractivity contribution < 1.29 is 9.59 Å². The van der Waals surface area contributed by atoms with Crippen LogP contribution in [0, 0.1) is 5.92 Å². The lowest BCUT2D eigenvalue weighted by Crippen LogP contribution is -2.43. The maximum Gasteiger partial charge on any atom is 0.228 e. The van der Waals surface area contributed by atoms with Gasteiger partial charge in [0.2, 0.25) is 11.8 Å². The summed E-state index contributed by atoms with van der Waals surface area (Å²) in [6, 6.07) is 8.07. The van der Waals surface area contributed by atoms with Crippen LogP contribution in [0.1, 0.15) is 37.5 Å². The Morgan fingerprint density at radius 2 is 2.00 bits per heavy atom. The number of fused-ring (bicyclic) bond motifs is 1. The Labute approximate surface area is 147 Å². The highest BCUT2D eigenvalue weighted by Crippen LogP contribution is 2.34. The van der Waals surface area contributed by atoms with Crippen LogP contribution in [0.3, 0.4) is 0 Å². The van der Waals surface area contributed by atoms with E-state index in [4.69, 9.17) is 4.98 Å². The minimum Gasteiger partial charge on any atom is -0.345 e. The van der Waals surface area contributed by atoms with E-state index in [0.717, 1.165) is 42.7 Å². The van der Waals surface area contributed by atoms with Crippen molar-refractivity contribution in [3.8, 4) is 0 Å². The van der Waals surface area contributed by atoms with Crippen molar-refractivity contribution in [2.75, 3.05) is 20.1 Å². The molecule has 3 heterocycles. The molecule has 0 aliphatic carbocycles. The van der Waals surface area contributed by atoms with Crippen molar-refractivity contribution in [2.45, 2.75) is 31.7 Å². The number of piperidine rings is 1. The van der Waals surface area contributed by atoms with Gasteiger partial charge in [0.15, 0.2) is 0 Å². The molecule has 132 valence electrons. The van der Waals surface area contributed by atoms with Gasteiger partial charge in [0.1, 0.15) is 5.82 Å². The van der Waals surface area contributed by atoms with Gasteiger partial charge in [-0.2, -0.15) is 0 Å². The molecule has 0 unspecified atom stereocenters. The Hall–Kier alpha value is -2.37. The highest BCUT2D eigenvalue weighted by molar-refractivity contribution is 5.89. The average Bonchev–Trinajstić information content (AvgIpc) is 3.14. The SMILES string of the molecule is CN1C[C@@H](C(=O)N2CCCC[C@H]2c2nc3ccccc3n2C)CC1=O. The van der Waals surface area contributed by atoms with E-state index in [2.05, 4.69) is 10.6 Å². The Morgan fingerprint density at radius 3 is 2.72 bits per heavy atom. The molecule has 2 aliphatic rings. The number of amides is 2. The van der Waals surface area contributed by atoms with Gasteiger partial charge in [0, 0.05) is 33.6 Å². The molecule has 25 heavy (non-hydrogen) atoms. The molecule has 2 saturated heterocycles. The van der Waals surface area contributed by atoms with Gasteiger partial charge in [0.05, 0.1) is 23.0 Å². The van der Waals surface area contributed by atoms with E-state index in [1.54, 1.807) is 11.9 Å². The zero-order valence-electron chi connectivity index (χ0n) is 14.8. The first-order chi connectivity index (χ1) is 12.1. The van der Waals surface area contributed by atoms with Gasteiger partial charge >= 0.3 is 0 Å². The minimum absolute atomic E-state index is 0.000317. The third kappa shape index (κ3) is 2.69. The number of imidazole rings is 1. The third-order valence-electron chi connectivity index (χ3n) is 5.60. The average molecular weight is 340 g/mol. The standard InChI is InChI=1S/C19H24N4O2/c1-21-12-13(11-17(21)24)19(25)23-10-6-5-9-16(23)18-20-14-7-3-4-8-15(14)22(18)2/h3-4,7-8,13,16H,5-6,9-12H2,1-2H3/t13-,16-/m0/s1. The molecule has 2 aliphatic heterocycles. The number of carbonyl (C=O) groups excluding carboxylic acids is 2. The highest BCUT2D eigenvalue weighted by atomic mass is 16.2. The van der Waals surface area contributed by atoms with Crippen molar-refractivity contribution in [3.05, 3.63) is 30.1 Å². The maximum atomic E-state index is 13.1. The van der Waals surface area contributed by atoms with Gasteiger partial charge in [0.25, 0.3) is 0 Å². The Morgan fingerprint density at radius 1 is 1.20 bits per heavy atom. The van der Waals surface area contributed by atoms with Gasteiger partial charge in [-0.3, -0.25) is 9.59 Å². The predicted molar refractivity (Wildman–Crippen MR) is 94.8 cm³/mol. The second-order valence-corrected chi connectivity index (χ2v) is 7.24. The van der Waals surface area contributed by atoms with Crippen LogP contribution >= 0.6 is 0 Å². The summed E-state index contributed by atoms with van der Waals surface area (Å²) in [5.74, 6) is 0.906. The van der Waals surface area contributed by atoms with Gasteiger partial charge in [-0.25, -0.2) is 4.98 Å². The van der Waals surface area contributed by atoms with Crippen molar-refractivity contribution in [2.24, 2.45) is 13.0 Å². The largest absolute Gasteiger partial charge is 0.345 e. The van der Waals surface area contributed by atoms with Gasteiger partial charge in [-0.05, 0) is 31.4 Å². The molecule has 6 nitrogen and oxygen atoms in total. The number of aromatic nitrogens is 2. The summed E-state index contributed by atoms with van der Waals surface area (Å²) >= 11 is 0. The second-order valence-electron chi connectivity index (χ2n) is 7.24. The van der Waals surface area contributed by atoms with E-state index in [-0.39, 0.29) is 23.8 Å². The molecule has 1 aromatic heterocycles. The monoisotopic (exact) mass is 340 g/mol. The number of nitrogens with zero attached hydrogens (tertiary/aromatic N) is 4. The molecule has 0 spiro atoms. The Kier molecular flexibility index (Phi) is 3.98.